The predicted molar refractivity (Wildman–Crippen MR) is 137 cm³/mol. The van der Waals surface area contributed by atoms with Crippen molar-refractivity contribution in [3.05, 3.63) is 53.5 Å². The lowest BCUT2D eigenvalue weighted by molar-refractivity contribution is -0.127. The molecule has 0 atom stereocenters. The quantitative estimate of drug-likeness (QED) is 0.348. The molecule has 31 heavy (non-hydrogen) atoms. The van der Waals surface area contributed by atoms with E-state index in [1.54, 1.807) is 25.3 Å². The van der Waals surface area contributed by atoms with Gasteiger partial charge in [0, 0.05) is 58.9 Å². The van der Waals surface area contributed by atoms with Crippen LogP contribution in [0.15, 0.2) is 46.0 Å². The number of amides is 1. The minimum Gasteiger partial charge on any atom is -0.469 e. The van der Waals surface area contributed by atoms with Gasteiger partial charge in [0.15, 0.2) is 5.96 Å². The molecule has 1 aromatic heterocycles. The summed E-state index contributed by atoms with van der Waals surface area (Å²) in [5.41, 5.74) is 3.97. The molecule has 2 aromatic rings. The third-order valence-corrected chi connectivity index (χ3v) is 5.59. The van der Waals surface area contributed by atoms with Gasteiger partial charge in [-0.05, 0) is 43.2 Å². The van der Waals surface area contributed by atoms with Crippen LogP contribution in [0.4, 0.5) is 5.69 Å². The number of furan rings is 1. The number of aliphatic imine (C=N–C) groups is 1. The maximum Gasteiger partial charge on any atom is 0.243 e. The van der Waals surface area contributed by atoms with E-state index in [4.69, 9.17) is 4.42 Å². The topological polar surface area (TPSA) is 64.3 Å². The van der Waals surface area contributed by atoms with Crippen molar-refractivity contribution in [1.29, 1.82) is 0 Å². The van der Waals surface area contributed by atoms with Crippen LogP contribution in [0.5, 0.6) is 0 Å². The van der Waals surface area contributed by atoms with Crippen molar-refractivity contribution < 1.29 is 9.21 Å². The van der Waals surface area contributed by atoms with E-state index in [1.165, 1.54) is 16.8 Å². The molecule has 1 saturated heterocycles. The number of halogens is 1. The molecule has 1 aliphatic rings. The second kappa shape index (κ2) is 12.0. The summed E-state index contributed by atoms with van der Waals surface area (Å²) in [6.07, 6.45) is 2.46. The van der Waals surface area contributed by atoms with Crippen LogP contribution in [0, 0.1) is 13.8 Å². The van der Waals surface area contributed by atoms with Crippen molar-refractivity contribution in [2.75, 3.05) is 58.3 Å². The van der Waals surface area contributed by atoms with E-state index in [9.17, 15) is 4.79 Å². The number of piperazine rings is 1. The molecule has 7 nitrogen and oxygen atoms in total. The van der Waals surface area contributed by atoms with Crippen molar-refractivity contribution >= 4 is 41.5 Å². The lowest BCUT2D eigenvalue weighted by Crippen LogP contribution is -2.53. The predicted octanol–water partition coefficient (Wildman–Crippen LogP) is 2.91. The van der Waals surface area contributed by atoms with Crippen LogP contribution in [0.25, 0.3) is 0 Å². The Morgan fingerprint density at radius 2 is 1.87 bits per heavy atom. The number of carbonyl (C=O) groups is 1. The van der Waals surface area contributed by atoms with Crippen LogP contribution in [-0.4, -0.2) is 75.0 Å². The number of anilines is 1. The second-order valence-electron chi connectivity index (χ2n) is 7.88. The number of benzene rings is 1. The van der Waals surface area contributed by atoms with E-state index in [0.717, 1.165) is 44.3 Å². The van der Waals surface area contributed by atoms with E-state index >= 15 is 0 Å². The Morgan fingerprint density at radius 1 is 1.13 bits per heavy atom. The minimum absolute atomic E-state index is 0. The monoisotopic (exact) mass is 539 g/mol. The first kappa shape index (κ1) is 25.0. The van der Waals surface area contributed by atoms with Crippen molar-refractivity contribution in [2.24, 2.45) is 4.99 Å². The van der Waals surface area contributed by atoms with Crippen LogP contribution in [0.3, 0.4) is 0 Å². The second-order valence-corrected chi connectivity index (χ2v) is 7.88. The highest BCUT2D eigenvalue weighted by Crippen LogP contribution is 2.23. The van der Waals surface area contributed by atoms with Crippen LogP contribution in [0.2, 0.25) is 0 Å². The van der Waals surface area contributed by atoms with Gasteiger partial charge in [-0.25, -0.2) is 4.99 Å². The highest BCUT2D eigenvalue weighted by atomic mass is 127. The zero-order chi connectivity index (χ0) is 21.5. The maximum absolute atomic E-state index is 12.0. The maximum atomic E-state index is 12.0. The third-order valence-electron chi connectivity index (χ3n) is 5.59. The fourth-order valence-corrected chi connectivity index (χ4v) is 3.54. The Hall–Kier alpha value is -2.23. The van der Waals surface area contributed by atoms with Gasteiger partial charge in [-0.3, -0.25) is 4.79 Å². The van der Waals surface area contributed by atoms with Gasteiger partial charge >= 0.3 is 0 Å². The summed E-state index contributed by atoms with van der Waals surface area (Å²) in [6, 6.07) is 10.3. The summed E-state index contributed by atoms with van der Waals surface area (Å²) in [5, 5.41) is 3.42. The lowest BCUT2D eigenvalue weighted by Gasteiger charge is -2.38. The Bertz CT molecular complexity index is 859. The molecule has 1 fully saturated rings. The number of hydrogen-bond acceptors (Lipinski definition) is 4. The van der Waals surface area contributed by atoms with Crippen LogP contribution < -0.4 is 10.2 Å². The number of carbonyl (C=O) groups excluding carboxylic acids is 1. The Morgan fingerprint density at radius 3 is 2.52 bits per heavy atom. The van der Waals surface area contributed by atoms with Gasteiger partial charge in [0.2, 0.25) is 5.91 Å². The van der Waals surface area contributed by atoms with E-state index in [2.05, 4.69) is 52.2 Å². The van der Waals surface area contributed by atoms with E-state index < -0.39 is 0 Å². The van der Waals surface area contributed by atoms with Crippen LogP contribution >= 0.6 is 24.0 Å². The summed E-state index contributed by atoms with van der Waals surface area (Å²) in [4.78, 5) is 22.9. The molecule has 3 rings (SSSR count). The first-order valence-electron chi connectivity index (χ1n) is 10.5. The average Bonchev–Trinajstić information content (AvgIpc) is 3.26. The standard InChI is InChI=1S/C23H33N5O2.HI/c1-18-7-5-9-21(19(18)2)27-12-14-28(15-13-27)23(25-17-22(29)26(3)4)24-11-10-20-8-6-16-30-20;/h5-9,16H,10-15,17H2,1-4H3,(H,24,25);1H. The van der Waals surface area contributed by atoms with Gasteiger partial charge in [0.25, 0.3) is 0 Å². The highest BCUT2D eigenvalue weighted by Gasteiger charge is 2.21. The van der Waals surface area contributed by atoms with Crippen molar-refractivity contribution in [3.8, 4) is 0 Å². The highest BCUT2D eigenvalue weighted by molar-refractivity contribution is 14.0. The fourth-order valence-electron chi connectivity index (χ4n) is 3.54. The summed E-state index contributed by atoms with van der Waals surface area (Å²) in [5.74, 6) is 1.72. The zero-order valence-corrected chi connectivity index (χ0v) is 21.3. The summed E-state index contributed by atoms with van der Waals surface area (Å²) in [6.45, 7) is 8.76. The molecule has 0 bridgehead atoms. The van der Waals surface area contributed by atoms with Crippen LogP contribution in [0.1, 0.15) is 16.9 Å². The van der Waals surface area contributed by atoms with E-state index in [1.807, 2.05) is 12.1 Å². The van der Waals surface area contributed by atoms with E-state index in [0.29, 0.717) is 6.54 Å². The molecule has 0 aliphatic carbocycles. The molecule has 0 radical (unpaired) electrons. The van der Waals surface area contributed by atoms with Crippen molar-refractivity contribution in [1.82, 2.24) is 15.1 Å². The summed E-state index contributed by atoms with van der Waals surface area (Å²) >= 11 is 0. The molecule has 1 N–H and O–H groups in total. The molecule has 0 spiro atoms. The number of likely N-dealkylation sites (N-methyl/N-ethyl adjacent to an activating group) is 1. The summed E-state index contributed by atoms with van der Waals surface area (Å²) < 4.78 is 5.41. The number of aryl methyl sites for hydroxylation is 1. The van der Waals surface area contributed by atoms with Gasteiger partial charge < -0.3 is 24.4 Å². The number of guanidine groups is 1. The van der Waals surface area contributed by atoms with Crippen LogP contribution in [-0.2, 0) is 11.2 Å². The number of nitrogens with zero attached hydrogens (tertiary/aromatic N) is 4. The zero-order valence-electron chi connectivity index (χ0n) is 18.9. The summed E-state index contributed by atoms with van der Waals surface area (Å²) in [7, 11) is 3.51. The smallest absolute Gasteiger partial charge is 0.243 e. The molecule has 170 valence electrons. The first-order valence-corrected chi connectivity index (χ1v) is 10.5. The van der Waals surface area contributed by atoms with Gasteiger partial charge in [-0.2, -0.15) is 0 Å². The molecule has 0 saturated carbocycles. The Labute approximate surface area is 202 Å². The fraction of sp³-hybridized carbons (Fsp3) is 0.478. The Balaban J connectivity index is 0.00000341. The normalized spacial score (nSPS) is 14.3. The molecule has 0 unspecified atom stereocenters. The largest absolute Gasteiger partial charge is 0.469 e. The third kappa shape index (κ3) is 6.88. The number of nitrogens with one attached hydrogen (secondary N) is 1. The molecule has 2 heterocycles. The lowest BCUT2D eigenvalue weighted by atomic mass is 10.1. The molecule has 1 aromatic carbocycles. The SMILES string of the molecule is Cc1cccc(N2CCN(C(=NCC(=O)N(C)C)NCCc3ccco3)CC2)c1C.I. The van der Waals surface area contributed by atoms with Gasteiger partial charge in [0.05, 0.1) is 6.26 Å². The first-order chi connectivity index (χ1) is 14.5. The van der Waals surface area contributed by atoms with Gasteiger partial charge in [0.1, 0.15) is 12.3 Å². The van der Waals surface area contributed by atoms with Gasteiger partial charge in [-0.15, -0.1) is 24.0 Å². The minimum atomic E-state index is -0.00523. The Kier molecular flexibility index (Phi) is 9.67. The number of hydrogen-bond donors (Lipinski definition) is 1. The molecular weight excluding hydrogens is 505 g/mol. The molecule has 1 aliphatic heterocycles. The van der Waals surface area contributed by atoms with E-state index in [-0.39, 0.29) is 36.4 Å². The van der Waals surface area contributed by atoms with Crippen molar-refractivity contribution in [2.45, 2.75) is 20.3 Å². The molecule has 8 heteroatoms. The van der Waals surface area contributed by atoms with Gasteiger partial charge in [-0.1, -0.05) is 12.1 Å². The molecular formula is C23H34IN5O2. The number of rotatable bonds is 6. The molecule has 1 amide bonds. The van der Waals surface area contributed by atoms with Crippen molar-refractivity contribution in [3.63, 3.8) is 0 Å². The average molecular weight is 539 g/mol.